The van der Waals surface area contributed by atoms with Crippen molar-refractivity contribution < 1.29 is 4.74 Å². The molecule has 0 spiro atoms. The SMILES string of the molecule is Cc1cccc2c1OCC1CNN=C21. The number of hydrogen-bond donors (Lipinski definition) is 1. The van der Waals surface area contributed by atoms with Crippen LogP contribution < -0.4 is 10.2 Å². The Morgan fingerprint density at radius 2 is 2.43 bits per heavy atom. The first-order chi connectivity index (χ1) is 6.86. The smallest absolute Gasteiger partial charge is 0.131 e. The minimum absolute atomic E-state index is 0.435. The van der Waals surface area contributed by atoms with E-state index in [0.29, 0.717) is 5.92 Å². The molecule has 0 radical (unpaired) electrons. The number of ether oxygens (including phenoxy) is 1. The Balaban J connectivity index is 2.18. The van der Waals surface area contributed by atoms with Gasteiger partial charge in [-0.2, -0.15) is 5.10 Å². The second-order valence-corrected chi connectivity index (χ2v) is 3.82. The number of rotatable bonds is 0. The third-order valence-corrected chi connectivity index (χ3v) is 2.84. The zero-order valence-electron chi connectivity index (χ0n) is 8.08. The Kier molecular flexibility index (Phi) is 1.54. The van der Waals surface area contributed by atoms with Gasteiger partial charge in [-0.05, 0) is 18.6 Å². The number of aryl methyl sites for hydroxylation is 1. The molecule has 2 heterocycles. The van der Waals surface area contributed by atoms with Crippen LogP contribution in [0.1, 0.15) is 11.1 Å². The fraction of sp³-hybridized carbons (Fsp3) is 0.364. The van der Waals surface area contributed by atoms with Crippen LogP contribution in [0.25, 0.3) is 0 Å². The van der Waals surface area contributed by atoms with Crippen LogP contribution in [0.5, 0.6) is 5.75 Å². The van der Waals surface area contributed by atoms with Crippen molar-refractivity contribution >= 4 is 5.71 Å². The van der Waals surface area contributed by atoms with Crippen LogP contribution in [0.15, 0.2) is 23.3 Å². The van der Waals surface area contributed by atoms with Gasteiger partial charge in [0, 0.05) is 12.1 Å². The number of benzene rings is 1. The van der Waals surface area contributed by atoms with Gasteiger partial charge < -0.3 is 10.2 Å². The average Bonchev–Trinajstić information content (AvgIpc) is 2.66. The summed E-state index contributed by atoms with van der Waals surface area (Å²) < 4.78 is 5.75. The second kappa shape index (κ2) is 2.74. The van der Waals surface area contributed by atoms with Gasteiger partial charge in [0.2, 0.25) is 0 Å². The first-order valence-corrected chi connectivity index (χ1v) is 4.89. The lowest BCUT2D eigenvalue weighted by Crippen LogP contribution is -2.28. The molecule has 0 amide bonds. The molecule has 1 aromatic rings. The van der Waals surface area contributed by atoms with Crippen LogP contribution in [0.4, 0.5) is 0 Å². The van der Waals surface area contributed by atoms with E-state index in [1.54, 1.807) is 0 Å². The van der Waals surface area contributed by atoms with E-state index in [1.807, 2.05) is 0 Å². The highest BCUT2D eigenvalue weighted by Gasteiger charge is 2.30. The van der Waals surface area contributed by atoms with Gasteiger partial charge in [-0.1, -0.05) is 12.1 Å². The lowest BCUT2D eigenvalue weighted by Gasteiger charge is -2.23. The molecule has 0 aliphatic carbocycles. The first-order valence-electron chi connectivity index (χ1n) is 4.89. The number of nitrogens with zero attached hydrogens (tertiary/aromatic N) is 1. The standard InChI is InChI=1S/C11H12N2O/c1-7-3-2-4-9-10-8(5-12-13-10)6-14-11(7)9/h2-4,8,12H,5-6H2,1H3. The maximum Gasteiger partial charge on any atom is 0.131 e. The highest BCUT2D eigenvalue weighted by Crippen LogP contribution is 2.31. The maximum atomic E-state index is 5.75. The monoisotopic (exact) mass is 188 g/mol. The van der Waals surface area contributed by atoms with Gasteiger partial charge in [0.05, 0.1) is 18.2 Å². The van der Waals surface area contributed by atoms with Gasteiger partial charge in [0.25, 0.3) is 0 Å². The topological polar surface area (TPSA) is 33.6 Å². The fourth-order valence-electron chi connectivity index (χ4n) is 2.08. The predicted molar refractivity (Wildman–Crippen MR) is 54.7 cm³/mol. The Bertz CT molecular complexity index is 412. The van der Waals surface area contributed by atoms with Crippen LogP contribution in [0, 0.1) is 12.8 Å². The summed E-state index contributed by atoms with van der Waals surface area (Å²) in [5.41, 5.74) is 6.54. The Hall–Kier alpha value is -1.51. The number of hydrazone groups is 1. The Morgan fingerprint density at radius 1 is 1.50 bits per heavy atom. The van der Waals surface area contributed by atoms with Gasteiger partial charge in [0.15, 0.2) is 0 Å². The summed E-state index contributed by atoms with van der Waals surface area (Å²) in [6, 6.07) is 6.21. The average molecular weight is 188 g/mol. The minimum Gasteiger partial charge on any atom is -0.492 e. The van der Waals surface area contributed by atoms with Crippen LogP contribution >= 0.6 is 0 Å². The molecule has 0 aromatic heterocycles. The van der Waals surface area contributed by atoms with E-state index < -0.39 is 0 Å². The van der Waals surface area contributed by atoms with Gasteiger partial charge in [-0.15, -0.1) is 0 Å². The summed E-state index contributed by atoms with van der Waals surface area (Å²) in [6.45, 7) is 3.73. The summed E-state index contributed by atoms with van der Waals surface area (Å²) in [7, 11) is 0. The van der Waals surface area contributed by atoms with E-state index >= 15 is 0 Å². The highest BCUT2D eigenvalue weighted by molar-refractivity contribution is 6.06. The number of nitrogens with one attached hydrogen (secondary N) is 1. The molecule has 1 atom stereocenters. The number of hydrogen-bond acceptors (Lipinski definition) is 3. The van der Waals surface area contributed by atoms with Crippen molar-refractivity contribution in [1.29, 1.82) is 0 Å². The molecular weight excluding hydrogens is 176 g/mol. The second-order valence-electron chi connectivity index (χ2n) is 3.82. The lowest BCUT2D eigenvalue weighted by molar-refractivity contribution is 0.276. The molecule has 14 heavy (non-hydrogen) atoms. The van der Waals surface area contributed by atoms with Gasteiger partial charge >= 0.3 is 0 Å². The quantitative estimate of drug-likeness (QED) is 0.666. The maximum absolute atomic E-state index is 5.75. The summed E-state index contributed by atoms with van der Waals surface area (Å²) in [4.78, 5) is 0. The van der Waals surface area contributed by atoms with Crippen LogP contribution in [0.2, 0.25) is 0 Å². The van der Waals surface area contributed by atoms with Crippen LogP contribution in [0.3, 0.4) is 0 Å². The van der Waals surface area contributed by atoms with Crippen molar-refractivity contribution in [1.82, 2.24) is 5.43 Å². The summed E-state index contributed by atoms with van der Waals surface area (Å²) >= 11 is 0. The molecule has 0 saturated carbocycles. The molecule has 0 saturated heterocycles. The van der Waals surface area contributed by atoms with E-state index in [1.165, 1.54) is 5.56 Å². The molecule has 0 bridgehead atoms. The zero-order chi connectivity index (χ0) is 9.54. The summed E-state index contributed by atoms with van der Waals surface area (Å²) in [5, 5.41) is 4.33. The minimum atomic E-state index is 0.435. The molecule has 0 fully saturated rings. The van der Waals surface area contributed by atoms with Gasteiger partial charge in [-0.25, -0.2) is 0 Å². The van der Waals surface area contributed by atoms with Crippen molar-refractivity contribution in [2.45, 2.75) is 6.92 Å². The molecule has 3 rings (SSSR count). The largest absolute Gasteiger partial charge is 0.492 e. The molecule has 1 unspecified atom stereocenters. The van der Waals surface area contributed by atoms with Crippen molar-refractivity contribution in [3.8, 4) is 5.75 Å². The zero-order valence-corrected chi connectivity index (χ0v) is 8.08. The van der Waals surface area contributed by atoms with Gasteiger partial charge in [0.1, 0.15) is 5.75 Å². The van der Waals surface area contributed by atoms with E-state index in [4.69, 9.17) is 4.74 Å². The van der Waals surface area contributed by atoms with E-state index in [-0.39, 0.29) is 0 Å². The molecule has 3 nitrogen and oxygen atoms in total. The third-order valence-electron chi connectivity index (χ3n) is 2.84. The lowest BCUT2D eigenvalue weighted by atomic mass is 9.94. The third kappa shape index (κ3) is 0.953. The Morgan fingerprint density at radius 3 is 3.36 bits per heavy atom. The van der Waals surface area contributed by atoms with Crippen molar-refractivity contribution in [2.75, 3.05) is 13.2 Å². The molecule has 2 aliphatic heterocycles. The van der Waals surface area contributed by atoms with Crippen molar-refractivity contribution in [3.05, 3.63) is 29.3 Å². The normalized spacial score (nSPS) is 22.9. The van der Waals surface area contributed by atoms with Crippen LogP contribution in [-0.2, 0) is 0 Å². The summed E-state index contributed by atoms with van der Waals surface area (Å²) in [5.74, 6) is 1.44. The number of para-hydroxylation sites is 1. The molecule has 72 valence electrons. The van der Waals surface area contributed by atoms with E-state index in [0.717, 1.165) is 30.2 Å². The fourth-order valence-corrected chi connectivity index (χ4v) is 2.08. The molecule has 3 heteroatoms. The molecular formula is C11H12N2O. The van der Waals surface area contributed by atoms with Crippen molar-refractivity contribution in [2.24, 2.45) is 11.0 Å². The molecule has 2 aliphatic rings. The first kappa shape index (κ1) is 7.85. The Labute approximate surface area is 82.8 Å². The van der Waals surface area contributed by atoms with E-state index in [2.05, 4.69) is 35.7 Å². The molecule has 1 aromatic carbocycles. The van der Waals surface area contributed by atoms with Gasteiger partial charge in [-0.3, -0.25) is 0 Å². The summed E-state index contributed by atoms with van der Waals surface area (Å²) in [6.07, 6.45) is 0. The number of fused-ring (bicyclic) bond motifs is 3. The molecule has 1 N–H and O–H groups in total. The van der Waals surface area contributed by atoms with Crippen molar-refractivity contribution in [3.63, 3.8) is 0 Å². The predicted octanol–water partition coefficient (Wildman–Crippen LogP) is 1.31. The van der Waals surface area contributed by atoms with Crippen LogP contribution in [-0.4, -0.2) is 18.9 Å². The van der Waals surface area contributed by atoms with E-state index in [9.17, 15) is 0 Å². The highest BCUT2D eigenvalue weighted by atomic mass is 16.5.